The summed E-state index contributed by atoms with van der Waals surface area (Å²) in [6.07, 6.45) is -3.45. The SMILES string of the molecule is Cc1cc(F)cc(CNc2nc(C3CCCCC3)c3n(c2=O)[C@H](C(=O)NCc2ccc(N)nc2C)CC3)c1.O=C(O)C(F)(F)F.O=C(O)C(F)(F)F. The van der Waals surface area contributed by atoms with Crippen molar-refractivity contribution in [1.82, 2.24) is 19.9 Å². The molecule has 1 fully saturated rings. The van der Waals surface area contributed by atoms with Gasteiger partial charge in [0, 0.05) is 30.4 Å². The second-order valence-corrected chi connectivity index (χ2v) is 12.2. The number of carbonyl (C=O) groups is 3. The van der Waals surface area contributed by atoms with Crippen LogP contribution in [-0.2, 0) is 33.9 Å². The lowest BCUT2D eigenvalue weighted by atomic mass is 9.85. The molecule has 1 amide bonds. The Kier molecular flexibility index (Phi) is 13.7. The van der Waals surface area contributed by atoms with Gasteiger partial charge in [0.1, 0.15) is 17.7 Å². The highest BCUT2D eigenvalue weighted by Crippen LogP contribution is 2.37. The molecule has 0 spiro atoms. The molecule has 2 aromatic heterocycles. The van der Waals surface area contributed by atoms with Crippen LogP contribution in [0, 0.1) is 19.7 Å². The van der Waals surface area contributed by atoms with E-state index in [0.29, 0.717) is 25.2 Å². The average molecular weight is 747 g/mol. The van der Waals surface area contributed by atoms with E-state index in [-0.39, 0.29) is 35.6 Å². The topological polar surface area (TPSA) is 190 Å². The summed E-state index contributed by atoms with van der Waals surface area (Å²) in [4.78, 5) is 54.0. The monoisotopic (exact) mass is 746 g/mol. The van der Waals surface area contributed by atoms with Crippen molar-refractivity contribution >= 4 is 29.5 Å². The Bertz CT molecular complexity index is 1780. The first-order chi connectivity index (χ1) is 24.2. The molecule has 1 atom stereocenters. The van der Waals surface area contributed by atoms with E-state index in [9.17, 15) is 40.3 Å². The van der Waals surface area contributed by atoms with Crippen molar-refractivity contribution in [2.45, 2.75) is 96.2 Å². The number of alkyl halides is 6. The van der Waals surface area contributed by atoms with Crippen molar-refractivity contribution in [3.63, 3.8) is 0 Å². The number of benzene rings is 1. The zero-order chi connectivity index (χ0) is 39.0. The van der Waals surface area contributed by atoms with E-state index in [1.807, 2.05) is 26.0 Å². The molecule has 3 heterocycles. The normalized spacial score (nSPS) is 15.7. The maximum atomic E-state index is 13.9. The molecule has 0 bridgehead atoms. The molecule has 1 aliphatic heterocycles. The van der Waals surface area contributed by atoms with Gasteiger partial charge < -0.3 is 26.6 Å². The van der Waals surface area contributed by atoms with Crippen molar-refractivity contribution in [2.75, 3.05) is 11.1 Å². The van der Waals surface area contributed by atoms with Gasteiger partial charge in [-0.2, -0.15) is 26.3 Å². The van der Waals surface area contributed by atoms with Crippen molar-refractivity contribution < 1.29 is 55.3 Å². The molecule has 0 unspecified atom stereocenters. The van der Waals surface area contributed by atoms with Gasteiger partial charge in [-0.1, -0.05) is 31.4 Å². The fourth-order valence-electron chi connectivity index (χ4n) is 5.84. The molecule has 1 aromatic carbocycles. The highest BCUT2D eigenvalue weighted by atomic mass is 19.4. The molecule has 12 nitrogen and oxygen atoms in total. The maximum Gasteiger partial charge on any atom is 0.490 e. The summed E-state index contributed by atoms with van der Waals surface area (Å²) in [6, 6.07) is 7.77. The van der Waals surface area contributed by atoms with E-state index >= 15 is 0 Å². The van der Waals surface area contributed by atoms with Gasteiger partial charge in [0.05, 0.1) is 5.69 Å². The molecular formula is C33H37F7N6O6. The fraction of sp³-hybridized carbons (Fsp3) is 0.455. The number of nitrogens with one attached hydrogen (secondary N) is 2. The number of amides is 1. The van der Waals surface area contributed by atoms with Crippen LogP contribution in [0.2, 0.25) is 0 Å². The lowest BCUT2D eigenvalue weighted by molar-refractivity contribution is -0.193. The number of aromatic nitrogens is 3. The van der Waals surface area contributed by atoms with Crippen LogP contribution in [0.4, 0.5) is 42.4 Å². The number of nitrogens with zero attached hydrogens (tertiary/aromatic N) is 3. The first kappa shape index (κ1) is 41.2. The number of anilines is 2. The summed E-state index contributed by atoms with van der Waals surface area (Å²) >= 11 is 0. The van der Waals surface area contributed by atoms with Gasteiger partial charge in [0.25, 0.3) is 5.56 Å². The van der Waals surface area contributed by atoms with Gasteiger partial charge in [-0.05, 0) is 74.4 Å². The minimum absolute atomic E-state index is 0.199. The standard InChI is InChI=1S/C29H35FN6O2.2C2HF3O2/c1-17-12-19(14-22(30)13-17)15-32-27-29(38)36-23(26(35-27)20-6-4-3-5-7-20)9-10-24(36)28(37)33-16-21-8-11-25(31)34-18(21)2;2*3-2(4,5)1(6)7/h8,11-14,20,24H,3-7,9-10,15-16H2,1-2H3,(H2,31,34)(H,32,35)(H,33,37);2*(H,6,7)/t24-;;/m0../s1. The van der Waals surface area contributed by atoms with Gasteiger partial charge in [-0.3, -0.25) is 14.2 Å². The minimum atomic E-state index is -5.08. The summed E-state index contributed by atoms with van der Waals surface area (Å²) in [7, 11) is 0. The fourth-order valence-corrected chi connectivity index (χ4v) is 5.84. The summed E-state index contributed by atoms with van der Waals surface area (Å²) in [5.41, 5.74) is 10.4. The average Bonchev–Trinajstić information content (AvgIpc) is 3.50. The molecule has 1 aliphatic carbocycles. The predicted molar refractivity (Wildman–Crippen MR) is 173 cm³/mol. The largest absolute Gasteiger partial charge is 0.490 e. The number of hydrogen-bond acceptors (Lipinski definition) is 8. The Labute approximate surface area is 292 Å². The predicted octanol–water partition coefficient (Wildman–Crippen LogP) is 5.71. The number of pyridine rings is 1. The number of rotatable bonds is 7. The molecule has 1 saturated carbocycles. The molecule has 0 radical (unpaired) electrons. The summed E-state index contributed by atoms with van der Waals surface area (Å²) in [5, 5.41) is 20.4. The molecule has 5 rings (SSSR count). The van der Waals surface area contributed by atoms with E-state index in [4.69, 9.17) is 30.5 Å². The third-order valence-corrected chi connectivity index (χ3v) is 8.22. The summed E-state index contributed by atoms with van der Waals surface area (Å²) in [5.74, 6) is -5.10. The van der Waals surface area contributed by atoms with Crippen molar-refractivity contribution in [3.05, 3.63) is 80.3 Å². The highest BCUT2D eigenvalue weighted by Gasteiger charge is 2.39. The van der Waals surface area contributed by atoms with Gasteiger partial charge in [-0.25, -0.2) is 23.9 Å². The highest BCUT2D eigenvalue weighted by molar-refractivity contribution is 5.81. The number of nitrogen functional groups attached to an aromatic ring is 1. The number of nitrogens with two attached hydrogens (primary N) is 1. The number of fused-ring (bicyclic) bond motifs is 1. The number of hydrogen-bond donors (Lipinski definition) is 5. The number of halogens is 7. The Morgan fingerprint density at radius 3 is 2.04 bits per heavy atom. The Morgan fingerprint density at radius 1 is 0.904 bits per heavy atom. The lowest BCUT2D eigenvalue weighted by Crippen LogP contribution is -2.37. The van der Waals surface area contributed by atoms with Gasteiger partial charge >= 0.3 is 24.3 Å². The molecule has 19 heteroatoms. The number of aliphatic carboxylic acids is 2. The zero-order valence-corrected chi connectivity index (χ0v) is 28.0. The number of aryl methyl sites for hydroxylation is 2. The van der Waals surface area contributed by atoms with Crippen molar-refractivity contribution in [2.24, 2.45) is 0 Å². The lowest BCUT2D eigenvalue weighted by Gasteiger charge is -2.25. The molecular weight excluding hydrogens is 709 g/mol. The zero-order valence-electron chi connectivity index (χ0n) is 28.0. The molecule has 52 heavy (non-hydrogen) atoms. The first-order valence-electron chi connectivity index (χ1n) is 15.9. The smallest absolute Gasteiger partial charge is 0.475 e. The number of carbonyl (C=O) groups excluding carboxylic acids is 1. The first-order valence-corrected chi connectivity index (χ1v) is 15.9. The third kappa shape index (κ3) is 11.4. The van der Waals surface area contributed by atoms with Crippen LogP contribution in [0.1, 0.15) is 84.3 Å². The van der Waals surface area contributed by atoms with E-state index in [2.05, 4.69) is 15.6 Å². The molecule has 2 aliphatic rings. The van der Waals surface area contributed by atoms with Gasteiger partial charge in [0.2, 0.25) is 5.91 Å². The quantitative estimate of drug-likeness (QED) is 0.188. The van der Waals surface area contributed by atoms with Crippen LogP contribution in [0.25, 0.3) is 0 Å². The molecule has 284 valence electrons. The van der Waals surface area contributed by atoms with Crippen LogP contribution in [0.15, 0.2) is 35.1 Å². The second-order valence-electron chi connectivity index (χ2n) is 12.2. The third-order valence-electron chi connectivity index (χ3n) is 8.22. The van der Waals surface area contributed by atoms with Crippen LogP contribution < -0.4 is 21.9 Å². The van der Waals surface area contributed by atoms with Crippen LogP contribution in [-0.4, -0.2) is 54.9 Å². The molecule has 3 aromatic rings. The Balaban J connectivity index is 0.000000441. The van der Waals surface area contributed by atoms with Gasteiger partial charge in [-0.15, -0.1) is 0 Å². The summed E-state index contributed by atoms with van der Waals surface area (Å²) in [6.45, 7) is 4.27. The number of carboxylic acids is 2. The minimum Gasteiger partial charge on any atom is -0.475 e. The van der Waals surface area contributed by atoms with Gasteiger partial charge in [0.15, 0.2) is 5.82 Å². The number of carboxylic acid groups (broad SMARTS) is 2. The van der Waals surface area contributed by atoms with E-state index in [1.165, 1.54) is 18.6 Å². The van der Waals surface area contributed by atoms with E-state index < -0.39 is 30.3 Å². The van der Waals surface area contributed by atoms with E-state index in [0.717, 1.165) is 59.5 Å². The van der Waals surface area contributed by atoms with Crippen molar-refractivity contribution in [1.29, 1.82) is 0 Å². The van der Waals surface area contributed by atoms with Crippen LogP contribution >= 0.6 is 0 Å². The summed E-state index contributed by atoms with van der Waals surface area (Å²) < 4.78 is 79.1. The molecule has 6 N–H and O–H groups in total. The van der Waals surface area contributed by atoms with Crippen molar-refractivity contribution in [3.8, 4) is 0 Å². The van der Waals surface area contributed by atoms with E-state index in [1.54, 1.807) is 10.6 Å². The molecule has 0 saturated heterocycles. The Morgan fingerprint density at radius 2 is 1.50 bits per heavy atom. The second kappa shape index (κ2) is 17.3. The Hall–Kier alpha value is -5.23. The van der Waals surface area contributed by atoms with Crippen LogP contribution in [0.5, 0.6) is 0 Å². The van der Waals surface area contributed by atoms with Crippen LogP contribution in [0.3, 0.4) is 0 Å². The maximum absolute atomic E-state index is 13.9.